The van der Waals surface area contributed by atoms with Gasteiger partial charge in [-0.15, -0.1) is 0 Å². The van der Waals surface area contributed by atoms with E-state index in [1.807, 2.05) is 6.26 Å². The first-order valence-electron chi connectivity index (χ1n) is 8.39. The van der Waals surface area contributed by atoms with Gasteiger partial charge >= 0.3 is 0 Å². The van der Waals surface area contributed by atoms with Gasteiger partial charge in [-0.25, -0.2) is 0 Å². The van der Waals surface area contributed by atoms with Gasteiger partial charge < -0.3 is 9.73 Å². The van der Waals surface area contributed by atoms with Gasteiger partial charge in [-0.3, -0.25) is 4.90 Å². The highest BCUT2D eigenvalue weighted by Crippen LogP contribution is 2.29. The maximum absolute atomic E-state index is 5.70. The molecule has 0 aliphatic heterocycles. The van der Waals surface area contributed by atoms with Gasteiger partial charge in [0.25, 0.3) is 0 Å². The summed E-state index contributed by atoms with van der Waals surface area (Å²) in [6, 6.07) is 2.95. The Morgan fingerprint density at radius 2 is 2.05 bits per heavy atom. The van der Waals surface area contributed by atoms with Crippen LogP contribution in [0.2, 0.25) is 0 Å². The van der Waals surface area contributed by atoms with Gasteiger partial charge in [0.05, 0.1) is 12.8 Å². The molecule has 0 saturated heterocycles. The third-order valence-electron chi connectivity index (χ3n) is 4.05. The van der Waals surface area contributed by atoms with Crippen molar-refractivity contribution in [2.24, 2.45) is 5.92 Å². The van der Waals surface area contributed by atoms with Crippen molar-refractivity contribution in [2.45, 2.75) is 78.6 Å². The van der Waals surface area contributed by atoms with E-state index in [-0.39, 0.29) is 5.54 Å². The van der Waals surface area contributed by atoms with Crippen LogP contribution in [0.25, 0.3) is 0 Å². The maximum atomic E-state index is 5.70. The van der Waals surface area contributed by atoms with E-state index in [2.05, 4.69) is 50.9 Å². The van der Waals surface area contributed by atoms with Gasteiger partial charge in [0.15, 0.2) is 0 Å². The Morgan fingerprint density at radius 3 is 2.62 bits per heavy atom. The molecule has 0 atom stereocenters. The SMILES string of the molecule is CC(C)CCN(Cc1ccoc1CNC(C)(C)C)C1CC1. The number of hydrogen-bond acceptors (Lipinski definition) is 3. The average Bonchev–Trinajstić information content (AvgIpc) is 3.12. The zero-order valence-electron chi connectivity index (χ0n) is 14.4. The monoisotopic (exact) mass is 292 g/mol. The van der Waals surface area contributed by atoms with Crippen molar-refractivity contribution < 1.29 is 4.42 Å². The van der Waals surface area contributed by atoms with E-state index < -0.39 is 0 Å². The lowest BCUT2D eigenvalue weighted by atomic mass is 10.1. The maximum Gasteiger partial charge on any atom is 0.122 e. The molecule has 120 valence electrons. The Hall–Kier alpha value is -0.800. The van der Waals surface area contributed by atoms with Crippen molar-refractivity contribution in [1.82, 2.24) is 10.2 Å². The van der Waals surface area contributed by atoms with Crippen LogP contribution in [0.3, 0.4) is 0 Å². The van der Waals surface area contributed by atoms with Crippen LogP contribution >= 0.6 is 0 Å². The van der Waals surface area contributed by atoms with E-state index in [9.17, 15) is 0 Å². The Bertz CT molecular complexity index is 427. The van der Waals surface area contributed by atoms with Crippen LogP contribution in [0.5, 0.6) is 0 Å². The summed E-state index contributed by atoms with van der Waals surface area (Å²) < 4.78 is 5.70. The highest BCUT2D eigenvalue weighted by atomic mass is 16.3. The molecule has 0 amide bonds. The smallest absolute Gasteiger partial charge is 0.122 e. The summed E-state index contributed by atoms with van der Waals surface area (Å²) in [6.45, 7) is 14.2. The van der Waals surface area contributed by atoms with Crippen LogP contribution in [0, 0.1) is 5.92 Å². The number of nitrogens with one attached hydrogen (secondary N) is 1. The molecule has 0 bridgehead atoms. The Morgan fingerprint density at radius 1 is 1.33 bits per heavy atom. The molecule has 0 aromatic carbocycles. The third kappa shape index (κ3) is 5.84. The molecule has 2 rings (SSSR count). The minimum atomic E-state index is 0.123. The molecule has 0 spiro atoms. The Kier molecular flexibility index (Phi) is 5.50. The minimum Gasteiger partial charge on any atom is -0.468 e. The first-order valence-corrected chi connectivity index (χ1v) is 8.39. The Balaban J connectivity index is 1.92. The molecule has 0 unspecified atom stereocenters. The largest absolute Gasteiger partial charge is 0.468 e. The summed E-state index contributed by atoms with van der Waals surface area (Å²) in [4.78, 5) is 2.64. The summed E-state index contributed by atoms with van der Waals surface area (Å²) in [6.07, 6.45) is 5.85. The van der Waals surface area contributed by atoms with E-state index in [1.165, 1.54) is 31.4 Å². The van der Waals surface area contributed by atoms with E-state index >= 15 is 0 Å². The molecule has 1 aromatic rings. The predicted molar refractivity (Wildman–Crippen MR) is 88.2 cm³/mol. The number of nitrogens with zero attached hydrogens (tertiary/aromatic N) is 1. The fourth-order valence-electron chi connectivity index (χ4n) is 2.48. The van der Waals surface area contributed by atoms with Gasteiger partial charge in [0.1, 0.15) is 5.76 Å². The second-order valence-electron chi connectivity index (χ2n) is 7.86. The first kappa shape index (κ1) is 16.6. The summed E-state index contributed by atoms with van der Waals surface area (Å²) in [5, 5.41) is 3.52. The normalized spacial score (nSPS) is 16.1. The van der Waals surface area contributed by atoms with E-state index in [0.717, 1.165) is 30.8 Å². The fourth-order valence-corrected chi connectivity index (χ4v) is 2.48. The third-order valence-corrected chi connectivity index (χ3v) is 4.05. The van der Waals surface area contributed by atoms with Crippen LogP contribution < -0.4 is 5.32 Å². The lowest BCUT2D eigenvalue weighted by Gasteiger charge is -2.24. The molecule has 1 saturated carbocycles. The van der Waals surface area contributed by atoms with Crippen LogP contribution in [-0.4, -0.2) is 23.0 Å². The minimum absolute atomic E-state index is 0.123. The molecule has 1 N–H and O–H groups in total. The number of rotatable bonds is 8. The van der Waals surface area contributed by atoms with Gasteiger partial charge in [0.2, 0.25) is 0 Å². The van der Waals surface area contributed by atoms with Crippen LogP contribution in [0.4, 0.5) is 0 Å². The predicted octanol–water partition coefficient (Wildman–Crippen LogP) is 4.18. The molecule has 1 heterocycles. The van der Waals surface area contributed by atoms with Crippen LogP contribution in [-0.2, 0) is 13.1 Å². The van der Waals surface area contributed by atoms with Crippen LogP contribution in [0.1, 0.15) is 65.2 Å². The lowest BCUT2D eigenvalue weighted by Crippen LogP contribution is -2.35. The standard InChI is InChI=1S/C18H32N2O/c1-14(2)8-10-20(16-6-7-16)13-15-9-11-21-17(15)12-19-18(3,4)5/h9,11,14,16,19H,6-8,10,12-13H2,1-5H3. The summed E-state index contributed by atoms with van der Waals surface area (Å²) in [7, 11) is 0. The lowest BCUT2D eigenvalue weighted by molar-refractivity contribution is 0.237. The van der Waals surface area contributed by atoms with Gasteiger partial charge in [-0.05, 0) is 58.6 Å². The van der Waals surface area contributed by atoms with E-state index in [4.69, 9.17) is 4.42 Å². The second kappa shape index (κ2) is 6.97. The molecule has 1 aliphatic carbocycles. The molecule has 3 heteroatoms. The van der Waals surface area contributed by atoms with E-state index in [1.54, 1.807) is 0 Å². The number of hydrogen-bond donors (Lipinski definition) is 1. The van der Waals surface area contributed by atoms with Crippen LogP contribution in [0.15, 0.2) is 16.7 Å². The molecule has 3 nitrogen and oxygen atoms in total. The highest BCUT2D eigenvalue weighted by molar-refractivity contribution is 5.17. The molecule has 0 radical (unpaired) electrons. The summed E-state index contributed by atoms with van der Waals surface area (Å²) in [5.41, 5.74) is 1.47. The molecule has 21 heavy (non-hydrogen) atoms. The van der Waals surface area contributed by atoms with Crippen molar-refractivity contribution in [3.05, 3.63) is 23.7 Å². The molecule has 1 fully saturated rings. The van der Waals surface area contributed by atoms with E-state index in [0.29, 0.717) is 0 Å². The van der Waals surface area contributed by atoms with Crippen molar-refractivity contribution in [1.29, 1.82) is 0 Å². The van der Waals surface area contributed by atoms with Crippen molar-refractivity contribution >= 4 is 0 Å². The molecular weight excluding hydrogens is 260 g/mol. The zero-order valence-corrected chi connectivity index (χ0v) is 14.4. The highest BCUT2D eigenvalue weighted by Gasteiger charge is 2.29. The summed E-state index contributed by atoms with van der Waals surface area (Å²) in [5.74, 6) is 1.87. The first-order chi connectivity index (χ1) is 9.85. The molecular formula is C18H32N2O. The molecule has 1 aromatic heterocycles. The Labute approximate surface area is 130 Å². The van der Waals surface area contributed by atoms with Gasteiger partial charge in [0, 0.05) is 23.7 Å². The van der Waals surface area contributed by atoms with Crippen molar-refractivity contribution in [3.63, 3.8) is 0 Å². The number of furan rings is 1. The van der Waals surface area contributed by atoms with Crippen molar-refractivity contribution in [2.75, 3.05) is 6.54 Å². The second-order valence-corrected chi connectivity index (χ2v) is 7.86. The fraction of sp³-hybridized carbons (Fsp3) is 0.778. The average molecular weight is 292 g/mol. The summed E-state index contributed by atoms with van der Waals surface area (Å²) >= 11 is 0. The zero-order chi connectivity index (χ0) is 15.5. The van der Waals surface area contributed by atoms with Gasteiger partial charge in [-0.1, -0.05) is 13.8 Å². The molecule has 1 aliphatic rings. The van der Waals surface area contributed by atoms with Gasteiger partial charge in [-0.2, -0.15) is 0 Å². The quantitative estimate of drug-likeness (QED) is 0.779. The topological polar surface area (TPSA) is 28.4 Å². The van der Waals surface area contributed by atoms with Crippen molar-refractivity contribution in [3.8, 4) is 0 Å².